The van der Waals surface area contributed by atoms with Crippen molar-refractivity contribution in [3.05, 3.63) is 58.7 Å². The third-order valence-corrected chi connectivity index (χ3v) is 8.14. The van der Waals surface area contributed by atoms with Gasteiger partial charge >= 0.3 is 0 Å². The van der Waals surface area contributed by atoms with E-state index in [0.29, 0.717) is 67.8 Å². The minimum Gasteiger partial charge on any atom is -0.507 e. The molecular weight excluding hydrogens is 536 g/mol. The van der Waals surface area contributed by atoms with Gasteiger partial charge in [0.1, 0.15) is 17.6 Å². The summed E-state index contributed by atoms with van der Waals surface area (Å²) in [6.45, 7) is 11.1. The lowest BCUT2D eigenvalue weighted by atomic mass is 9.94. The van der Waals surface area contributed by atoms with Crippen LogP contribution in [0.15, 0.2) is 42.0 Å². The SMILES string of the molecule is COc1cc([C@@H]2C(=C(O)c3ccc4c(c3)C[C@H](C)O4)C(=O)C(=O)N2CCCN2CCOCC2)ccc1OCCC(C)C. The molecular formula is C33H42N2O7. The lowest BCUT2D eigenvalue weighted by molar-refractivity contribution is -0.140. The smallest absolute Gasteiger partial charge is 0.295 e. The summed E-state index contributed by atoms with van der Waals surface area (Å²) in [4.78, 5) is 31.0. The molecule has 0 radical (unpaired) electrons. The number of ketones is 1. The van der Waals surface area contributed by atoms with Crippen molar-refractivity contribution < 1.29 is 33.6 Å². The number of ether oxygens (including phenoxy) is 4. The highest BCUT2D eigenvalue weighted by Crippen LogP contribution is 2.43. The van der Waals surface area contributed by atoms with Crippen LogP contribution in [0.3, 0.4) is 0 Å². The van der Waals surface area contributed by atoms with E-state index >= 15 is 0 Å². The first-order chi connectivity index (χ1) is 20.3. The number of Topliss-reactive ketones (excluding diaryl/α,β-unsaturated/α-hetero) is 1. The number of methoxy groups -OCH3 is 1. The van der Waals surface area contributed by atoms with E-state index in [1.165, 1.54) is 0 Å². The summed E-state index contributed by atoms with van der Waals surface area (Å²) in [5.74, 6) is 0.895. The maximum atomic E-state index is 13.6. The number of nitrogens with zero attached hydrogens (tertiary/aromatic N) is 2. The summed E-state index contributed by atoms with van der Waals surface area (Å²) in [5.41, 5.74) is 2.21. The highest BCUT2D eigenvalue weighted by molar-refractivity contribution is 6.46. The maximum absolute atomic E-state index is 13.6. The molecule has 0 saturated carbocycles. The number of morpholine rings is 1. The number of carbonyl (C=O) groups excluding carboxylic acids is 2. The van der Waals surface area contributed by atoms with Gasteiger partial charge < -0.3 is 29.0 Å². The van der Waals surface area contributed by atoms with Gasteiger partial charge in [-0.15, -0.1) is 0 Å². The molecule has 0 aliphatic carbocycles. The van der Waals surface area contributed by atoms with Crippen molar-refractivity contribution in [2.75, 3.05) is 53.1 Å². The van der Waals surface area contributed by atoms with Crippen LogP contribution in [0.5, 0.6) is 17.2 Å². The van der Waals surface area contributed by atoms with Gasteiger partial charge in [-0.05, 0) is 67.1 Å². The number of aliphatic hydroxyl groups is 1. The second-order valence-electron chi connectivity index (χ2n) is 11.7. The number of hydrogen-bond acceptors (Lipinski definition) is 8. The van der Waals surface area contributed by atoms with Crippen molar-refractivity contribution in [3.63, 3.8) is 0 Å². The summed E-state index contributed by atoms with van der Waals surface area (Å²) in [7, 11) is 1.57. The third kappa shape index (κ3) is 6.42. The van der Waals surface area contributed by atoms with Gasteiger partial charge in [-0.1, -0.05) is 19.9 Å². The molecule has 1 N–H and O–H groups in total. The van der Waals surface area contributed by atoms with Crippen LogP contribution >= 0.6 is 0 Å². The van der Waals surface area contributed by atoms with Crippen LogP contribution < -0.4 is 14.2 Å². The van der Waals surface area contributed by atoms with Crippen LogP contribution in [0.2, 0.25) is 0 Å². The average molecular weight is 579 g/mol. The van der Waals surface area contributed by atoms with Crippen LogP contribution in [0, 0.1) is 5.92 Å². The molecule has 42 heavy (non-hydrogen) atoms. The number of fused-ring (bicyclic) bond motifs is 1. The van der Waals surface area contributed by atoms with Gasteiger partial charge in [-0.3, -0.25) is 14.5 Å². The molecule has 2 aromatic rings. The first-order valence-electron chi connectivity index (χ1n) is 15.0. The van der Waals surface area contributed by atoms with Crippen molar-refractivity contribution in [1.29, 1.82) is 0 Å². The predicted octanol–water partition coefficient (Wildman–Crippen LogP) is 4.59. The molecule has 2 atom stereocenters. The highest BCUT2D eigenvalue weighted by Gasteiger charge is 2.46. The van der Waals surface area contributed by atoms with E-state index in [1.807, 2.05) is 37.3 Å². The van der Waals surface area contributed by atoms with E-state index in [0.717, 1.165) is 37.4 Å². The van der Waals surface area contributed by atoms with Crippen molar-refractivity contribution in [2.24, 2.45) is 5.92 Å². The number of amides is 1. The van der Waals surface area contributed by atoms with Crippen molar-refractivity contribution in [1.82, 2.24) is 9.80 Å². The van der Waals surface area contributed by atoms with E-state index in [1.54, 1.807) is 18.1 Å². The predicted molar refractivity (Wildman–Crippen MR) is 159 cm³/mol. The zero-order valence-electron chi connectivity index (χ0n) is 25.1. The number of benzene rings is 2. The van der Waals surface area contributed by atoms with Gasteiger partial charge in [-0.2, -0.15) is 0 Å². The van der Waals surface area contributed by atoms with Crippen LogP contribution in [0.25, 0.3) is 5.76 Å². The van der Waals surface area contributed by atoms with E-state index in [9.17, 15) is 14.7 Å². The Bertz CT molecular complexity index is 1330. The van der Waals surface area contributed by atoms with Crippen LogP contribution in [-0.4, -0.2) is 85.8 Å². The van der Waals surface area contributed by atoms with Crippen LogP contribution in [0.1, 0.15) is 56.3 Å². The molecule has 3 aliphatic heterocycles. The normalized spacial score (nSPS) is 22.0. The number of aliphatic hydroxyl groups excluding tert-OH is 1. The zero-order valence-corrected chi connectivity index (χ0v) is 25.1. The summed E-state index contributed by atoms with van der Waals surface area (Å²) in [5, 5.41) is 11.6. The first-order valence-corrected chi connectivity index (χ1v) is 15.0. The Kier molecular flexibility index (Phi) is 9.38. The lowest BCUT2D eigenvalue weighted by Crippen LogP contribution is -2.39. The minimum absolute atomic E-state index is 0.0446. The van der Waals surface area contributed by atoms with E-state index in [-0.39, 0.29) is 17.4 Å². The Hall–Kier alpha value is -3.56. The van der Waals surface area contributed by atoms with Gasteiger partial charge in [0, 0.05) is 38.2 Å². The monoisotopic (exact) mass is 578 g/mol. The number of likely N-dealkylation sites (tertiary alicyclic amines) is 1. The molecule has 2 fully saturated rings. The van der Waals surface area contributed by atoms with Crippen LogP contribution in [-0.2, 0) is 20.7 Å². The molecule has 3 heterocycles. The summed E-state index contributed by atoms with van der Waals surface area (Å²) in [6.07, 6.45) is 2.35. The second kappa shape index (κ2) is 13.2. The van der Waals surface area contributed by atoms with Gasteiger partial charge in [0.2, 0.25) is 0 Å². The molecule has 9 heteroatoms. The Morgan fingerprint density at radius 3 is 2.60 bits per heavy atom. The van der Waals surface area contributed by atoms with Gasteiger partial charge in [0.05, 0.1) is 38.5 Å². The number of rotatable bonds is 11. The molecule has 9 nitrogen and oxygen atoms in total. The molecule has 5 rings (SSSR count). The Morgan fingerprint density at radius 2 is 1.86 bits per heavy atom. The van der Waals surface area contributed by atoms with Gasteiger partial charge in [0.25, 0.3) is 11.7 Å². The van der Waals surface area contributed by atoms with Gasteiger partial charge in [-0.25, -0.2) is 0 Å². The molecule has 226 valence electrons. The Labute approximate surface area is 248 Å². The number of hydrogen-bond donors (Lipinski definition) is 1. The quantitative estimate of drug-likeness (QED) is 0.235. The molecule has 0 unspecified atom stereocenters. The Balaban J connectivity index is 1.49. The molecule has 1 amide bonds. The molecule has 0 aromatic heterocycles. The minimum atomic E-state index is -0.767. The molecule has 0 spiro atoms. The molecule has 2 saturated heterocycles. The van der Waals surface area contributed by atoms with Crippen molar-refractivity contribution in [3.8, 4) is 17.2 Å². The Morgan fingerprint density at radius 1 is 1.07 bits per heavy atom. The fourth-order valence-electron chi connectivity index (χ4n) is 5.85. The third-order valence-electron chi connectivity index (χ3n) is 8.14. The maximum Gasteiger partial charge on any atom is 0.295 e. The van der Waals surface area contributed by atoms with E-state index < -0.39 is 17.7 Å². The summed E-state index contributed by atoms with van der Waals surface area (Å²) < 4.78 is 22.9. The topological polar surface area (TPSA) is 97.8 Å². The van der Waals surface area contributed by atoms with Gasteiger partial charge in [0.15, 0.2) is 11.5 Å². The van der Waals surface area contributed by atoms with E-state index in [2.05, 4.69) is 18.7 Å². The fourth-order valence-corrected chi connectivity index (χ4v) is 5.85. The van der Waals surface area contributed by atoms with E-state index in [4.69, 9.17) is 18.9 Å². The zero-order chi connectivity index (χ0) is 29.8. The molecule has 3 aliphatic rings. The largest absolute Gasteiger partial charge is 0.507 e. The van der Waals surface area contributed by atoms with Crippen molar-refractivity contribution in [2.45, 2.75) is 52.2 Å². The summed E-state index contributed by atoms with van der Waals surface area (Å²) in [6, 6.07) is 10.1. The number of carbonyl (C=O) groups is 2. The van der Waals surface area contributed by atoms with Crippen molar-refractivity contribution >= 4 is 17.4 Å². The lowest BCUT2D eigenvalue weighted by Gasteiger charge is -2.29. The summed E-state index contributed by atoms with van der Waals surface area (Å²) >= 11 is 0. The average Bonchev–Trinajstić information content (AvgIpc) is 3.48. The second-order valence-corrected chi connectivity index (χ2v) is 11.7. The first kappa shape index (κ1) is 29.9. The molecule has 2 aromatic carbocycles. The van der Waals surface area contributed by atoms with Crippen LogP contribution in [0.4, 0.5) is 0 Å². The standard InChI is InChI=1S/C33H42N2O7/c1-21(2)10-15-41-27-9-6-23(20-28(27)39-4)30-29(31(36)24-7-8-26-25(19-24)18-22(3)42-26)32(37)33(38)35(30)12-5-11-34-13-16-40-17-14-34/h6-9,19-22,30,36H,5,10-18H2,1-4H3/t22-,30+/m0/s1. The fraction of sp³-hybridized carbons (Fsp3) is 0.515. The molecule has 0 bridgehead atoms. The highest BCUT2D eigenvalue weighted by atomic mass is 16.5.